The molecule has 0 amide bonds. The molecule has 18 heavy (non-hydrogen) atoms. The second kappa shape index (κ2) is 6.55. The van der Waals surface area contributed by atoms with Crippen molar-refractivity contribution in [1.29, 1.82) is 0 Å². The monoisotopic (exact) mass is 249 g/mol. The van der Waals surface area contributed by atoms with Gasteiger partial charge in [-0.3, -0.25) is 4.79 Å². The maximum atomic E-state index is 11.6. The third kappa shape index (κ3) is 3.84. The van der Waals surface area contributed by atoms with Gasteiger partial charge in [-0.25, -0.2) is 0 Å². The minimum Gasteiger partial charge on any atom is -0.468 e. The van der Waals surface area contributed by atoms with Gasteiger partial charge in [0.1, 0.15) is 6.04 Å². The molecule has 0 aliphatic heterocycles. The molecule has 1 N–H and O–H groups in total. The van der Waals surface area contributed by atoms with Gasteiger partial charge in [-0.2, -0.15) is 0 Å². The number of carbonyl (C=O) groups is 1. The molecule has 3 heteroatoms. The number of nitrogens with one attached hydrogen (secondary N) is 1. The van der Waals surface area contributed by atoms with Crippen molar-refractivity contribution < 1.29 is 9.53 Å². The Kier molecular flexibility index (Phi) is 5.35. The fourth-order valence-electron chi connectivity index (χ4n) is 1.98. The van der Waals surface area contributed by atoms with Crippen molar-refractivity contribution in [2.24, 2.45) is 5.92 Å². The summed E-state index contributed by atoms with van der Waals surface area (Å²) in [6.45, 7) is 8.87. The van der Waals surface area contributed by atoms with E-state index in [0.717, 1.165) is 0 Å². The predicted octanol–water partition coefficient (Wildman–Crippen LogP) is 2.59. The Hall–Kier alpha value is -1.35. The maximum Gasteiger partial charge on any atom is 0.323 e. The molecule has 0 aliphatic carbocycles. The van der Waals surface area contributed by atoms with Gasteiger partial charge in [0, 0.05) is 6.54 Å². The number of carbonyl (C=O) groups excluding carboxylic acids is 1. The number of ether oxygens (including phenoxy) is 1. The number of hydrogen-bond donors (Lipinski definition) is 1. The first-order chi connectivity index (χ1) is 8.45. The molecular formula is C15H23NO2. The second-order valence-electron chi connectivity index (χ2n) is 5.06. The molecule has 0 aliphatic rings. The van der Waals surface area contributed by atoms with E-state index in [4.69, 9.17) is 4.74 Å². The highest BCUT2D eigenvalue weighted by Crippen LogP contribution is 2.12. The van der Waals surface area contributed by atoms with Crippen LogP contribution in [0.1, 0.15) is 30.5 Å². The van der Waals surface area contributed by atoms with E-state index >= 15 is 0 Å². The standard InChI is InChI=1S/C15H23NO2/c1-10(2)14(15(17)18-5)16-9-13-7-6-11(3)8-12(13)4/h6-8,10,14,16H,9H2,1-5H3/t14-/m0/s1. The SMILES string of the molecule is COC(=O)[C@@H](NCc1ccc(C)cc1C)C(C)C. The number of esters is 1. The Labute approximate surface area is 110 Å². The predicted molar refractivity (Wildman–Crippen MR) is 73.4 cm³/mol. The highest BCUT2D eigenvalue weighted by molar-refractivity contribution is 5.75. The van der Waals surface area contributed by atoms with Gasteiger partial charge in [0.15, 0.2) is 0 Å². The van der Waals surface area contributed by atoms with E-state index in [2.05, 4.69) is 37.4 Å². The summed E-state index contributed by atoms with van der Waals surface area (Å²) < 4.78 is 4.81. The fraction of sp³-hybridized carbons (Fsp3) is 0.533. The molecule has 1 aromatic carbocycles. The Balaban J connectivity index is 2.70. The number of aryl methyl sites for hydroxylation is 2. The van der Waals surface area contributed by atoms with Crippen molar-refractivity contribution in [3.63, 3.8) is 0 Å². The second-order valence-corrected chi connectivity index (χ2v) is 5.06. The van der Waals surface area contributed by atoms with Gasteiger partial charge in [-0.15, -0.1) is 0 Å². The van der Waals surface area contributed by atoms with Crippen LogP contribution in [0.3, 0.4) is 0 Å². The highest BCUT2D eigenvalue weighted by Gasteiger charge is 2.22. The van der Waals surface area contributed by atoms with E-state index in [1.54, 1.807) is 0 Å². The average Bonchev–Trinajstić information content (AvgIpc) is 2.31. The van der Waals surface area contributed by atoms with Crippen LogP contribution < -0.4 is 5.32 Å². The zero-order valence-electron chi connectivity index (χ0n) is 11.9. The molecule has 0 spiro atoms. The van der Waals surface area contributed by atoms with Crippen LogP contribution in [0.15, 0.2) is 18.2 Å². The van der Waals surface area contributed by atoms with Gasteiger partial charge in [-0.05, 0) is 30.9 Å². The zero-order chi connectivity index (χ0) is 13.7. The third-order valence-electron chi connectivity index (χ3n) is 3.13. The molecule has 100 valence electrons. The first-order valence-corrected chi connectivity index (χ1v) is 6.33. The van der Waals surface area contributed by atoms with Crippen LogP contribution in [-0.2, 0) is 16.1 Å². The molecular weight excluding hydrogens is 226 g/mol. The van der Waals surface area contributed by atoms with E-state index in [1.807, 2.05) is 13.8 Å². The number of methoxy groups -OCH3 is 1. The van der Waals surface area contributed by atoms with Crippen molar-refractivity contribution in [3.8, 4) is 0 Å². The third-order valence-corrected chi connectivity index (χ3v) is 3.13. The minimum atomic E-state index is -0.254. The highest BCUT2D eigenvalue weighted by atomic mass is 16.5. The minimum absolute atomic E-state index is 0.199. The molecule has 0 unspecified atom stereocenters. The van der Waals surface area contributed by atoms with Crippen molar-refractivity contribution in [1.82, 2.24) is 5.32 Å². The van der Waals surface area contributed by atoms with Crippen molar-refractivity contribution in [2.45, 2.75) is 40.3 Å². The van der Waals surface area contributed by atoms with Gasteiger partial charge in [0.25, 0.3) is 0 Å². The quantitative estimate of drug-likeness (QED) is 0.815. The Bertz CT molecular complexity index is 413. The van der Waals surface area contributed by atoms with Gasteiger partial charge in [-0.1, -0.05) is 37.6 Å². The van der Waals surface area contributed by atoms with Crippen LogP contribution in [0.25, 0.3) is 0 Å². The first-order valence-electron chi connectivity index (χ1n) is 6.33. The average molecular weight is 249 g/mol. The number of rotatable bonds is 5. The van der Waals surface area contributed by atoms with E-state index in [9.17, 15) is 4.79 Å². The smallest absolute Gasteiger partial charge is 0.323 e. The van der Waals surface area contributed by atoms with Gasteiger partial charge < -0.3 is 10.1 Å². The van der Waals surface area contributed by atoms with Gasteiger partial charge in [0.05, 0.1) is 7.11 Å². The normalized spacial score (nSPS) is 12.6. The molecule has 0 fully saturated rings. The zero-order valence-corrected chi connectivity index (χ0v) is 11.9. The van der Waals surface area contributed by atoms with Gasteiger partial charge >= 0.3 is 5.97 Å². The lowest BCUT2D eigenvalue weighted by Gasteiger charge is -2.20. The van der Waals surface area contributed by atoms with E-state index in [0.29, 0.717) is 6.54 Å². The van der Waals surface area contributed by atoms with Crippen LogP contribution in [0.4, 0.5) is 0 Å². The van der Waals surface area contributed by atoms with Crippen LogP contribution >= 0.6 is 0 Å². The van der Waals surface area contributed by atoms with E-state index in [1.165, 1.54) is 23.8 Å². The summed E-state index contributed by atoms with van der Waals surface area (Å²) in [7, 11) is 1.43. The van der Waals surface area contributed by atoms with Crippen molar-refractivity contribution in [3.05, 3.63) is 34.9 Å². The fourth-order valence-corrected chi connectivity index (χ4v) is 1.98. The largest absolute Gasteiger partial charge is 0.468 e. The molecule has 0 bridgehead atoms. The molecule has 0 heterocycles. The van der Waals surface area contributed by atoms with Crippen LogP contribution in [0.2, 0.25) is 0 Å². The molecule has 3 nitrogen and oxygen atoms in total. The Morgan fingerprint density at radius 3 is 2.50 bits per heavy atom. The molecule has 0 saturated heterocycles. The summed E-state index contributed by atoms with van der Waals surface area (Å²) in [5.74, 6) is 0.0120. The molecule has 0 radical (unpaired) electrons. The number of benzene rings is 1. The Morgan fingerprint density at radius 2 is 2.00 bits per heavy atom. The Morgan fingerprint density at radius 1 is 1.33 bits per heavy atom. The summed E-state index contributed by atoms with van der Waals surface area (Å²) in [5.41, 5.74) is 3.72. The van der Waals surface area contributed by atoms with Crippen LogP contribution in [0.5, 0.6) is 0 Å². The summed E-state index contributed by atoms with van der Waals surface area (Å²) in [6, 6.07) is 6.09. The molecule has 0 aromatic heterocycles. The summed E-state index contributed by atoms with van der Waals surface area (Å²) in [5, 5.41) is 3.27. The first kappa shape index (κ1) is 14.7. The summed E-state index contributed by atoms with van der Waals surface area (Å²) in [4.78, 5) is 11.6. The molecule has 1 atom stereocenters. The summed E-state index contributed by atoms with van der Waals surface area (Å²) >= 11 is 0. The lowest BCUT2D eigenvalue weighted by Crippen LogP contribution is -2.41. The van der Waals surface area contributed by atoms with Crippen molar-refractivity contribution >= 4 is 5.97 Å². The van der Waals surface area contributed by atoms with Crippen molar-refractivity contribution in [2.75, 3.05) is 7.11 Å². The lowest BCUT2D eigenvalue weighted by molar-refractivity contribution is -0.144. The van der Waals surface area contributed by atoms with Crippen LogP contribution in [-0.4, -0.2) is 19.1 Å². The molecule has 1 rings (SSSR count). The van der Waals surface area contributed by atoms with Crippen LogP contribution in [0, 0.1) is 19.8 Å². The maximum absolute atomic E-state index is 11.6. The molecule has 1 aromatic rings. The van der Waals surface area contributed by atoms with Gasteiger partial charge in [0.2, 0.25) is 0 Å². The topological polar surface area (TPSA) is 38.3 Å². The molecule has 0 saturated carbocycles. The lowest BCUT2D eigenvalue weighted by atomic mass is 10.0. The number of hydrogen-bond acceptors (Lipinski definition) is 3. The van der Waals surface area contributed by atoms with E-state index < -0.39 is 0 Å². The summed E-state index contributed by atoms with van der Waals surface area (Å²) in [6.07, 6.45) is 0. The van der Waals surface area contributed by atoms with E-state index in [-0.39, 0.29) is 17.9 Å².